The zero-order chi connectivity index (χ0) is 18.8. The number of nitrogens with zero attached hydrogens (tertiary/aromatic N) is 2. The zero-order valence-electron chi connectivity index (χ0n) is 15.5. The maximum atomic E-state index is 12.5. The molecular weight excluding hydrogens is 358 g/mol. The number of ketones is 1. The number of halogens is 1. The van der Waals surface area contributed by atoms with Crippen molar-refractivity contribution < 1.29 is 4.79 Å². The number of piperidine rings is 1. The van der Waals surface area contributed by atoms with Crippen molar-refractivity contribution in [1.82, 2.24) is 14.9 Å². The molecule has 0 saturated carbocycles. The molecule has 0 bridgehead atoms. The predicted octanol–water partition coefficient (Wildman–Crippen LogP) is 4.77. The van der Waals surface area contributed by atoms with E-state index in [1.54, 1.807) is 6.33 Å². The molecule has 0 radical (unpaired) electrons. The number of fused-ring (bicyclic) bond motifs is 1. The maximum Gasteiger partial charge on any atom is 0.154 e. The van der Waals surface area contributed by atoms with E-state index in [1.807, 2.05) is 28.8 Å². The average molecular weight is 382 g/mol. The van der Waals surface area contributed by atoms with Gasteiger partial charge in [-0.15, -0.1) is 0 Å². The lowest BCUT2D eigenvalue weighted by molar-refractivity contribution is -0.120. The van der Waals surface area contributed by atoms with E-state index in [1.165, 1.54) is 12.8 Å². The summed E-state index contributed by atoms with van der Waals surface area (Å²) < 4.78 is 1.97. The SMILES string of the molecule is Cc1c(-c2ccc(Cl)cc2)ccc2c1ncn2CC(=O)C[C@@H]1CCCCN1. The molecule has 3 aromatic rings. The van der Waals surface area contributed by atoms with Gasteiger partial charge in [-0.3, -0.25) is 4.79 Å². The Bertz CT molecular complexity index is 956. The number of nitrogens with one attached hydrogen (secondary N) is 1. The number of benzene rings is 2. The highest BCUT2D eigenvalue weighted by atomic mass is 35.5. The van der Waals surface area contributed by atoms with Gasteiger partial charge in [-0.25, -0.2) is 4.98 Å². The fourth-order valence-corrected chi connectivity index (χ4v) is 4.09. The molecule has 140 valence electrons. The Kier molecular flexibility index (Phi) is 5.28. The molecule has 0 amide bonds. The maximum absolute atomic E-state index is 12.5. The lowest BCUT2D eigenvalue weighted by Gasteiger charge is -2.22. The first-order valence-corrected chi connectivity index (χ1v) is 9.95. The van der Waals surface area contributed by atoms with Gasteiger partial charge in [-0.05, 0) is 61.2 Å². The Labute approximate surface area is 164 Å². The average Bonchev–Trinajstić information content (AvgIpc) is 3.07. The molecule has 27 heavy (non-hydrogen) atoms. The van der Waals surface area contributed by atoms with Crippen LogP contribution in [-0.4, -0.2) is 27.9 Å². The minimum atomic E-state index is 0.258. The quantitative estimate of drug-likeness (QED) is 0.692. The van der Waals surface area contributed by atoms with E-state index in [9.17, 15) is 4.79 Å². The fraction of sp³-hybridized carbons (Fsp3) is 0.364. The summed E-state index contributed by atoms with van der Waals surface area (Å²) in [7, 11) is 0. The van der Waals surface area contributed by atoms with Crippen molar-refractivity contribution in [2.75, 3.05) is 6.54 Å². The summed E-state index contributed by atoms with van der Waals surface area (Å²) in [6.07, 6.45) is 5.91. The van der Waals surface area contributed by atoms with Crippen molar-refractivity contribution in [3.05, 3.63) is 53.3 Å². The second kappa shape index (κ2) is 7.83. The van der Waals surface area contributed by atoms with Crippen LogP contribution in [-0.2, 0) is 11.3 Å². The van der Waals surface area contributed by atoms with Gasteiger partial charge in [0, 0.05) is 17.5 Å². The second-order valence-electron chi connectivity index (χ2n) is 7.37. The van der Waals surface area contributed by atoms with E-state index >= 15 is 0 Å². The molecule has 2 heterocycles. The van der Waals surface area contributed by atoms with Crippen LogP contribution >= 0.6 is 11.6 Å². The molecule has 5 heteroatoms. The number of rotatable bonds is 5. The third-order valence-corrected chi connectivity index (χ3v) is 5.69. The van der Waals surface area contributed by atoms with Crippen molar-refractivity contribution in [2.24, 2.45) is 0 Å². The first kappa shape index (κ1) is 18.2. The van der Waals surface area contributed by atoms with Gasteiger partial charge < -0.3 is 9.88 Å². The Hall–Kier alpha value is -2.17. The van der Waals surface area contributed by atoms with E-state index in [0.717, 1.165) is 45.7 Å². The summed E-state index contributed by atoms with van der Waals surface area (Å²) in [5, 5.41) is 4.18. The van der Waals surface area contributed by atoms with Gasteiger partial charge in [-0.1, -0.05) is 36.2 Å². The van der Waals surface area contributed by atoms with E-state index in [2.05, 4.69) is 29.4 Å². The fourth-order valence-electron chi connectivity index (χ4n) is 3.97. The molecule has 1 fully saturated rings. The van der Waals surface area contributed by atoms with Gasteiger partial charge in [-0.2, -0.15) is 0 Å². The summed E-state index contributed by atoms with van der Waals surface area (Å²) in [5.74, 6) is 0.258. The van der Waals surface area contributed by atoms with Crippen LogP contribution in [0.3, 0.4) is 0 Å². The van der Waals surface area contributed by atoms with Crippen molar-refractivity contribution in [1.29, 1.82) is 0 Å². The van der Waals surface area contributed by atoms with Crippen molar-refractivity contribution in [3.8, 4) is 11.1 Å². The number of hydrogen-bond acceptors (Lipinski definition) is 3. The van der Waals surface area contributed by atoms with Crippen LogP contribution in [0.2, 0.25) is 5.02 Å². The van der Waals surface area contributed by atoms with Crippen molar-refractivity contribution >= 4 is 28.4 Å². The molecule has 1 saturated heterocycles. The Morgan fingerprint density at radius 1 is 1.22 bits per heavy atom. The molecule has 1 aromatic heterocycles. The normalized spacial score (nSPS) is 17.3. The summed E-state index contributed by atoms with van der Waals surface area (Å²) >= 11 is 6.00. The van der Waals surface area contributed by atoms with Gasteiger partial charge in [0.05, 0.1) is 23.9 Å². The first-order valence-electron chi connectivity index (χ1n) is 9.57. The standard InChI is InChI=1S/C22H24ClN3O/c1-15-20(16-5-7-17(23)8-6-16)9-10-21-22(15)25-14-26(21)13-19(27)12-18-4-2-3-11-24-18/h5-10,14,18,24H,2-4,11-13H2,1H3/t18-/m0/s1. The summed E-state index contributed by atoms with van der Waals surface area (Å²) in [5.41, 5.74) is 5.34. The second-order valence-corrected chi connectivity index (χ2v) is 7.81. The summed E-state index contributed by atoms with van der Waals surface area (Å²) in [6, 6.07) is 12.3. The molecule has 1 aliphatic rings. The highest BCUT2D eigenvalue weighted by Gasteiger charge is 2.18. The van der Waals surface area contributed by atoms with Crippen molar-refractivity contribution in [2.45, 2.75) is 45.2 Å². The number of aryl methyl sites for hydroxylation is 1. The van der Waals surface area contributed by atoms with Crippen LogP contribution in [0.15, 0.2) is 42.7 Å². The third-order valence-electron chi connectivity index (χ3n) is 5.43. The number of aromatic nitrogens is 2. The Morgan fingerprint density at radius 2 is 2.04 bits per heavy atom. The monoisotopic (exact) mass is 381 g/mol. The van der Waals surface area contributed by atoms with Crippen molar-refractivity contribution in [3.63, 3.8) is 0 Å². The lowest BCUT2D eigenvalue weighted by Crippen LogP contribution is -2.36. The number of carbonyl (C=O) groups excluding carboxylic acids is 1. The van der Waals surface area contributed by atoms with Gasteiger partial charge >= 0.3 is 0 Å². The van der Waals surface area contributed by atoms with Crippen LogP contribution in [0.4, 0.5) is 0 Å². The third kappa shape index (κ3) is 3.92. The summed E-state index contributed by atoms with van der Waals surface area (Å²) in [6.45, 7) is 3.49. The molecule has 2 aromatic carbocycles. The number of carbonyl (C=O) groups is 1. The molecule has 1 atom stereocenters. The highest BCUT2D eigenvalue weighted by Crippen LogP contribution is 2.30. The van der Waals surface area contributed by atoms with E-state index < -0.39 is 0 Å². The Balaban J connectivity index is 1.55. The molecule has 0 unspecified atom stereocenters. The van der Waals surface area contributed by atoms with Crippen LogP contribution in [0, 0.1) is 6.92 Å². The Morgan fingerprint density at radius 3 is 2.78 bits per heavy atom. The number of Topliss-reactive ketones (excluding diaryl/α,β-unsaturated/α-hetero) is 1. The predicted molar refractivity (Wildman–Crippen MR) is 110 cm³/mol. The van der Waals surface area contributed by atoms with Crippen LogP contribution < -0.4 is 5.32 Å². The molecule has 1 N–H and O–H groups in total. The highest BCUT2D eigenvalue weighted by molar-refractivity contribution is 6.30. The smallest absolute Gasteiger partial charge is 0.154 e. The van der Waals surface area contributed by atoms with Gasteiger partial charge in [0.25, 0.3) is 0 Å². The van der Waals surface area contributed by atoms with Crippen LogP contribution in [0.5, 0.6) is 0 Å². The van der Waals surface area contributed by atoms with Crippen LogP contribution in [0.25, 0.3) is 22.2 Å². The molecule has 4 rings (SSSR count). The minimum Gasteiger partial charge on any atom is -0.323 e. The van der Waals surface area contributed by atoms with Gasteiger partial charge in [0.15, 0.2) is 5.78 Å². The van der Waals surface area contributed by atoms with E-state index in [0.29, 0.717) is 19.0 Å². The molecule has 4 nitrogen and oxygen atoms in total. The first-order chi connectivity index (χ1) is 13.1. The zero-order valence-corrected chi connectivity index (χ0v) is 16.3. The number of imidazole rings is 1. The summed E-state index contributed by atoms with van der Waals surface area (Å²) in [4.78, 5) is 17.1. The lowest BCUT2D eigenvalue weighted by atomic mass is 9.99. The number of hydrogen-bond donors (Lipinski definition) is 1. The minimum absolute atomic E-state index is 0.258. The topological polar surface area (TPSA) is 46.9 Å². The van der Waals surface area contributed by atoms with Gasteiger partial charge in [0.1, 0.15) is 0 Å². The largest absolute Gasteiger partial charge is 0.323 e. The molecule has 0 spiro atoms. The van der Waals surface area contributed by atoms with E-state index in [4.69, 9.17) is 11.6 Å². The molecular formula is C22H24ClN3O. The molecule has 1 aliphatic heterocycles. The van der Waals surface area contributed by atoms with E-state index in [-0.39, 0.29) is 5.78 Å². The van der Waals surface area contributed by atoms with Crippen LogP contribution in [0.1, 0.15) is 31.2 Å². The van der Waals surface area contributed by atoms with Gasteiger partial charge in [0.2, 0.25) is 0 Å². The molecule has 0 aliphatic carbocycles.